The Morgan fingerprint density at radius 1 is 1.50 bits per heavy atom. The zero-order chi connectivity index (χ0) is 13.1. The van der Waals surface area contributed by atoms with E-state index in [1.807, 2.05) is 30.0 Å². The Hall–Kier alpha value is -1.83. The fourth-order valence-corrected chi connectivity index (χ4v) is 2.19. The molecule has 1 aromatic carbocycles. The van der Waals surface area contributed by atoms with E-state index in [4.69, 9.17) is 16.1 Å². The number of aryl methyl sites for hydroxylation is 1. The number of anilines is 1. The van der Waals surface area contributed by atoms with Crippen molar-refractivity contribution in [3.63, 3.8) is 0 Å². The number of hydrogen-bond donors (Lipinski definition) is 2. The summed E-state index contributed by atoms with van der Waals surface area (Å²) < 4.78 is 0. The molecule has 0 aromatic heterocycles. The van der Waals surface area contributed by atoms with Crippen molar-refractivity contribution in [2.24, 2.45) is 5.73 Å². The fraction of sp³-hybridized carbons (Fsp3) is 0.357. The van der Waals surface area contributed by atoms with E-state index in [9.17, 15) is 0 Å². The van der Waals surface area contributed by atoms with Crippen molar-refractivity contribution in [2.45, 2.75) is 19.4 Å². The van der Waals surface area contributed by atoms with Crippen LogP contribution in [0.25, 0.3) is 0 Å². The van der Waals surface area contributed by atoms with Gasteiger partial charge in [-0.1, -0.05) is 17.7 Å². The van der Waals surface area contributed by atoms with Crippen LogP contribution in [0.3, 0.4) is 0 Å². The summed E-state index contributed by atoms with van der Waals surface area (Å²) in [6.45, 7) is 2.83. The van der Waals surface area contributed by atoms with E-state index < -0.39 is 0 Å². The molecule has 1 heterocycles. The highest BCUT2D eigenvalue weighted by Crippen LogP contribution is 2.35. The minimum Gasteiger partial charge on any atom is -0.396 e. The second-order valence-electron chi connectivity index (χ2n) is 4.51. The summed E-state index contributed by atoms with van der Waals surface area (Å²) in [7, 11) is 0. The van der Waals surface area contributed by atoms with Gasteiger partial charge in [-0.25, -0.2) is 0 Å². The van der Waals surface area contributed by atoms with Crippen LogP contribution in [-0.4, -0.2) is 18.3 Å². The molecule has 2 rings (SSSR count). The molecule has 3 N–H and O–H groups in total. The molecular formula is C14H17N3O. The Bertz CT molecular complexity index is 516. The number of nitrogens with two attached hydrogens (primary N) is 1. The third kappa shape index (κ3) is 2.23. The average Bonchev–Trinajstić information content (AvgIpc) is 2.38. The van der Waals surface area contributed by atoms with Crippen LogP contribution < -0.4 is 10.6 Å². The maximum Gasteiger partial charge on any atom is 0.0982 e. The van der Waals surface area contributed by atoms with Gasteiger partial charge in [0.1, 0.15) is 0 Å². The molecule has 4 heteroatoms. The van der Waals surface area contributed by atoms with Gasteiger partial charge in [-0.15, -0.1) is 0 Å². The van der Waals surface area contributed by atoms with Crippen LogP contribution in [-0.2, 0) is 0 Å². The Morgan fingerprint density at radius 3 is 2.94 bits per heavy atom. The van der Waals surface area contributed by atoms with Gasteiger partial charge in [0, 0.05) is 25.0 Å². The van der Waals surface area contributed by atoms with Crippen LogP contribution in [0.1, 0.15) is 23.6 Å². The second-order valence-corrected chi connectivity index (χ2v) is 4.51. The Balaban J connectivity index is 2.43. The number of nitrogens with zero attached hydrogens (tertiary/aromatic N) is 2. The maximum atomic E-state index is 9.13. The molecular weight excluding hydrogens is 226 g/mol. The van der Waals surface area contributed by atoms with Crippen LogP contribution in [0.4, 0.5) is 5.69 Å². The lowest BCUT2D eigenvalue weighted by Crippen LogP contribution is -2.28. The molecule has 0 spiro atoms. The number of benzene rings is 1. The minimum atomic E-state index is -0.352. The molecule has 1 unspecified atom stereocenters. The number of hydrogen-bond acceptors (Lipinski definition) is 4. The first-order valence-corrected chi connectivity index (χ1v) is 6.03. The van der Waals surface area contributed by atoms with Crippen molar-refractivity contribution in [2.75, 3.05) is 18.1 Å². The lowest BCUT2D eigenvalue weighted by molar-refractivity contribution is 0.290. The molecule has 94 valence electrons. The molecule has 0 saturated heterocycles. The van der Waals surface area contributed by atoms with Gasteiger partial charge in [0.05, 0.1) is 17.7 Å². The normalized spacial score (nSPS) is 18.0. The molecule has 0 amide bonds. The highest BCUT2D eigenvalue weighted by Gasteiger charge is 2.24. The monoisotopic (exact) mass is 243 g/mol. The van der Waals surface area contributed by atoms with E-state index in [0.29, 0.717) is 18.5 Å². The minimum absolute atomic E-state index is 0.138. The molecule has 1 atom stereocenters. The Kier molecular flexibility index (Phi) is 3.66. The first-order chi connectivity index (χ1) is 8.67. The van der Waals surface area contributed by atoms with Crippen LogP contribution in [0, 0.1) is 18.3 Å². The summed E-state index contributed by atoms with van der Waals surface area (Å²) in [4.78, 5) is 1.99. The summed E-state index contributed by atoms with van der Waals surface area (Å²) in [6, 6.07) is 7.88. The highest BCUT2D eigenvalue weighted by molar-refractivity contribution is 5.64. The predicted molar refractivity (Wildman–Crippen MR) is 70.9 cm³/mol. The molecule has 0 fully saturated rings. The van der Waals surface area contributed by atoms with Crippen LogP contribution >= 0.6 is 0 Å². The zero-order valence-corrected chi connectivity index (χ0v) is 10.4. The fourth-order valence-electron chi connectivity index (χ4n) is 2.19. The Morgan fingerprint density at radius 2 is 2.28 bits per heavy atom. The summed E-state index contributed by atoms with van der Waals surface area (Å²) in [6.07, 6.45) is 2.45. The first-order valence-electron chi connectivity index (χ1n) is 6.03. The predicted octanol–water partition coefficient (Wildman–Crippen LogP) is 1.60. The van der Waals surface area contributed by atoms with E-state index in [0.717, 1.165) is 16.8 Å². The molecule has 0 saturated carbocycles. The lowest BCUT2D eigenvalue weighted by Gasteiger charge is -2.31. The first kappa shape index (κ1) is 12.6. The summed E-state index contributed by atoms with van der Waals surface area (Å²) in [5.74, 6) is 0. The van der Waals surface area contributed by atoms with Gasteiger partial charge in [0.25, 0.3) is 0 Å². The molecule has 4 nitrogen and oxygen atoms in total. The van der Waals surface area contributed by atoms with Gasteiger partial charge >= 0.3 is 0 Å². The molecule has 18 heavy (non-hydrogen) atoms. The summed E-state index contributed by atoms with van der Waals surface area (Å²) in [5.41, 5.74) is 9.79. The molecule has 1 aliphatic rings. The average molecular weight is 243 g/mol. The number of aliphatic hydroxyl groups excluding tert-OH is 1. The molecule has 1 aliphatic heterocycles. The van der Waals surface area contributed by atoms with Crippen LogP contribution in [0.15, 0.2) is 30.0 Å². The smallest absolute Gasteiger partial charge is 0.0982 e. The second kappa shape index (κ2) is 5.21. The van der Waals surface area contributed by atoms with Crippen molar-refractivity contribution >= 4 is 5.69 Å². The zero-order valence-electron chi connectivity index (χ0n) is 10.4. The van der Waals surface area contributed by atoms with Crippen molar-refractivity contribution < 1.29 is 5.11 Å². The van der Waals surface area contributed by atoms with Crippen molar-refractivity contribution in [1.29, 1.82) is 5.26 Å². The molecule has 0 aliphatic carbocycles. The molecule has 0 bridgehead atoms. The van der Waals surface area contributed by atoms with E-state index in [2.05, 4.69) is 6.07 Å². The quantitative estimate of drug-likeness (QED) is 0.845. The number of rotatable bonds is 3. The number of aliphatic hydroxyl groups is 1. The van der Waals surface area contributed by atoms with Gasteiger partial charge in [-0.2, -0.15) is 5.26 Å². The number of fused-ring (bicyclic) bond motifs is 1. The van der Waals surface area contributed by atoms with E-state index in [1.165, 1.54) is 0 Å². The Labute approximate surface area is 107 Å². The van der Waals surface area contributed by atoms with E-state index in [1.54, 1.807) is 6.20 Å². The molecule has 1 aromatic rings. The topological polar surface area (TPSA) is 73.3 Å². The van der Waals surface area contributed by atoms with Gasteiger partial charge in [-0.05, 0) is 25.0 Å². The van der Waals surface area contributed by atoms with Crippen molar-refractivity contribution in [3.05, 3.63) is 41.1 Å². The van der Waals surface area contributed by atoms with Crippen LogP contribution in [0.2, 0.25) is 0 Å². The van der Waals surface area contributed by atoms with Gasteiger partial charge in [-0.3, -0.25) is 0 Å². The van der Waals surface area contributed by atoms with Gasteiger partial charge in [0.15, 0.2) is 0 Å². The summed E-state index contributed by atoms with van der Waals surface area (Å²) >= 11 is 0. The van der Waals surface area contributed by atoms with Crippen molar-refractivity contribution in [3.8, 4) is 6.07 Å². The maximum absolute atomic E-state index is 9.13. The van der Waals surface area contributed by atoms with Crippen LogP contribution in [0.5, 0.6) is 0 Å². The van der Waals surface area contributed by atoms with Gasteiger partial charge in [0.2, 0.25) is 0 Å². The number of nitriles is 1. The third-order valence-electron chi connectivity index (χ3n) is 3.14. The third-order valence-corrected chi connectivity index (χ3v) is 3.14. The lowest BCUT2D eigenvalue weighted by atomic mass is 9.94. The standard InChI is InChI=1S/C14H17N3O/c1-10-3-4-13-12(7-10)14(16)11(8-15)9-17(13)5-2-6-18/h3-4,7,9,14,18H,2,5-6,16H2,1H3. The van der Waals surface area contributed by atoms with E-state index in [-0.39, 0.29) is 12.6 Å². The summed E-state index contributed by atoms with van der Waals surface area (Å²) in [5, 5.41) is 18.1. The van der Waals surface area contributed by atoms with Gasteiger partial charge < -0.3 is 15.7 Å². The SMILES string of the molecule is Cc1ccc2c(c1)C(N)C(C#N)=CN2CCCO. The highest BCUT2D eigenvalue weighted by atomic mass is 16.3. The molecule has 0 radical (unpaired) electrons. The van der Waals surface area contributed by atoms with E-state index >= 15 is 0 Å². The largest absolute Gasteiger partial charge is 0.396 e. The van der Waals surface area contributed by atoms with Crippen molar-refractivity contribution in [1.82, 2.24) is 0 Å².